The first-order valence-corrected chi connectivity index (χ1v) is 7.71. The molecule has 1 amide bonds. The number of hydrogen-bond donors (Lipinski definition) is 0. The van der Waals surface area contributed by atoms with Crippen LogP contribution in [0.15, 0.2) is 22.9 Å². The highest BCUT2D eigenvalue weighted by atomic mass is 32.1. The van der Waals surface area contributed by atoms with E-state index in [1.54, 1.807) is 17.4 Å². The van der Waals surface area contributed by atoms with Gasteiger partial charge >= 0.3 is 0 Å². The Labute approximate surface area is 114 Å². The number of amides is 1. The highest BCUT2D eigenvalue weighted by molar-refractivity contribution is 7.08. The van der Waals surface area contributed by atoms with Gasteiger partial charge in [-0.15, -0.1) is 0 Å². The molecule has 3 heteroatoms. The summed E-state index contributed by atoms with van der Waals surface area (Å²) in [4.78, 5) is 14.1. The van der Waals surface area contributed by atoms with E-state index in [1.165, 1.54) is 0 Å². The van der Waals surface area contributed by atoms with Crippen LogP contribution in [-0.4, -0.2) is 23.9 Å². The zero-order valence-corrected chi connectivity index (χ0v) is 12.2. The number of carbonyl (C=O) groups excluding carboxylic acids is 1. The molecule has 1 rings (SSSR count). The van der Waals surface area contributed by atoms with Gasteiger partial charge in [0, 0.05) is 19.2 Å². The molecule has 1 aromatic heterocycles. The van der Waals surface area contributed by atoms with Crippen LogP contribution >= 0.6 is 11.3 Å². The molecule has 0 aliphatic carbocycles. The van der Waals surface area contributed by atoms with E-state index in [1.807, 2.05) is 27.8 Å². The summed E-state index contributed by atoms with van der Waals surface area (Å²) in [6, 6.07) is 2.02. The number of rotatable bonds is 8. The summed E-state index contributed by atoms with van der Waals surface area (Å²) in [5.41, 5.74) is 1.11. The molecule has 1 heterocycles. The van der Waals surface area contributed by atoms with Gasteiger partial charge in [-0.3, -0.25) is 4.79 Å². The maximum Gasteiger partial charge on any atom is 0.246 e. The van der Waals surface area contributed by atoms with Gasteiger partial charge in [-0.05, 0) is 41.3 Å². The topological polar surface area (TPSA) is 20.3 Å². The second-order valence-electron chi connectivity index (χ2n) is 4.42. The van der Waals surface area contributed by atoms with Crippen molar-refractivity contribution in [3.8, 4) is 0 Å². The molecule has 0 saturated carbocycles. The molecule has 18 heavy (non-hydrogen) atoms. The lowest BCUT2D eigenvalue weighted by molar-refractivity contribution is -0.126. The van der Waals surface area contributed by atoms with E-state index in [0.717, 1.165) is 44.3 Å². The average molecular weight is 265 g/mol. The highest BCUT2D eigenvalue weighted by Gasteiger charge is 2.08. The van der Waals surface area contributed by atoms with Crippen LogP contribution in [0.4, 0.5) is 0 Å². The largest absolute Gasteiger partial charge is 0.339 e. The number of nitrogens with zero attached hydrogens (tertiary/aromatic N) is 1. The second kappa shape index (κ2) is 8.92. The number of unbranched alkanes of at least 4 members (excludes halogenated alkanes) is 2. The molecule has 100 valence electrons. The third-order valence-corrected chi connectivity index (χ3v) is 3.54. The number of thiophene rings is 1. The molecule has 2 nitrogen and oxygen atoms in total. The van der Waals surface area contributed by atoms with Crippen molar-refractivity contribution >= 4 is 23.3 Å². The minimum atomic E-state index is 0.142. The van der Waals surface area contributed by atoms with Crippen molar-refractivity contribution in [2.24, 2.45) is 0 Å². The monoisotopic (exact) mass is 265 g/mol. The molecule has 0 atom stereocenters. The standard InChI is InChI=1S/C15H23NOS/c1-3-5-10-16(11-6-4-2)15(17)8-7-14-9-12-18-13-14/h7-9,12-13H,3-6,10-11H2,1-2H3/b8-7+. The van der Waals surface area contributed by atoms with E-state index in [2.05, 4.69) is 13.8 Å². The summed E-state index contributed by atoms with van der Waals surface area (Å²) < 4.78 is 0. The minimum Gasteiger partial charge on any atom is -0.339 e. The molecule has 0 saturated heterocycles. The quantitative estimate of drug-likeness (QED) is 0.645. The van der Waals surface area contributed by atoms with Crippen LogP contribution in [0.5, 0.6) is 0 Å². The molecule has 0 bridgehead atoms. The number of carbonyl (C=O) groups is 1. The van der Waals surface area contributed by atoms with E-state index in [4.69, 9.17) is 0 Å². The van der Waals surface area contributed by atoms with Crippen LogP contribution in [0, 0.1) is 0 Å². The third kappa shape index (κ3) is 5.50. The molecule has 0 radical (unpaired) electrons. The third-order valence-electron chi connectivity index (χ3n) is 2.84. The molecule has 0 spiro atoms. The predicted octanol–water partition coefficient (Wildman–Crippen LogP) is 4.19. The van der Waals surface area contributed by atoms with Crippen LogP contribution < -0.4 is 0 Å². The normalized spacial score (nSPS) is 11.0. The fourth-order valence-corrected chi connectivity index (χ4v) is 2.30. The van der Waals surface area contributed by atoms with Gasteiger partial charge in [-0.25, -0.2) is 0 Å². The summed E-state index contributed by atoms with van der Waals surface area (Å²) in [5.74, 6) is 0.142. The molecule has 1 aromatic rings. The van der Waals surface area contributed by atoms with E-state index in [-0.39, 0.29) is 5.91 Å². The summed E-state index contributed by atoms with van der Waals surface area (Å²) in [5, 5.41) is 4.07. The van der Waals surface area contributed by atoms with Gasteiger partial charge in [0.15, 0.2) is 0 Å². The molecule has 0 fully saturated rings. The Morgan fingerprint density at radius 3 is 2.44 bits per heavy atom. The highest BCUT2D eigenvalue weighted by Crippen LogP contribution is 2.08. The van der Waals surface area contributed by atoms with Crippen molar-refractivity contribution in [2.75, 3.05) is 13.1 Å². The van der Waals surface area contributed by atoms with E-state index < -0.39 is 0 Å². The summed E-state index contributed by atoms with van der Waals surface area (Å²) in [6.07, 6.45) is 8.04. The number of hydrogen-bond acceptors (Lipinski definition) is 2. The Kier molecular flexibility index (Phi) is 7.42. The van der Waals surface area contributed by atoms with Gasteiger partial charge < -0.3 is 4.90 Å². The van der Waals surface area contributed by atoms with Gasteiger partial charge in [0.2, 0.25) is 5.91 Å². The zero-order valence-electron chi connectivity index (χ0n) is 11.4. The first kappa shape index (κ1) is 15.0. The molecule has 0 aliphatic rings. The van der Waals surface area contributed by atoms with Crippen LogP contribution in [-0.2, 0) is 4.79 Å². The molecular weight excluding hydrogens is 242 g/mol. The van der Waals surface area contributed by atoms with Crippen molar-refractivity contribution in [2.45, 2.75) is 39.5 Å². The van der Waals surface area contributed by atoms with Gasteiger partial charge in [0.1, 0.15) is 0 Å². The Bertz CT molecular complexity index is 349. The van der Waals surface area contributed by atoms with Crippen LogP contribution in [0.1, 0.15) is 45.1 Å². The van der Waals surface area contributed by atoms with E-state index in [0.29, 0.717) is 0 Å². The summed E-state index contributed by atoms with van der Waals surface area (Å²) >= 11 is 1.65. The van der Waals surface area contributed by atoms with Gasteiger partial charge in [0.05, 0.1) is 0 Å². The molecule has 0 N–H and O–H groups in total. The van der Waals surface area contributed by atoms with E-state index >= 15 is 0 Å². The Morgan fingerprint density at radius 1 is 1.28 bits per heavy atom. The van der Waals surface area contributed by atoms with Crippen molar-refractivity contribution in [3.63, 3.8) is 0 Å². The predicted molar refractivity (Wildman–Crippen MR) is 79.7 cm³/mol. The molecule has 0 aliphatic heterocycles. The SMILES string of the molecule is CCCCN(CCCC)C(=O)/C=C/c1ccsc1. The molecule has 0 unspecified atom stereocenters. The van der Waals surface area contributed by atoms with Gasteiger partial charge in [-0.2, -0.15) is 11.3 Å². The lowest BCUT2D eigenvalue weighted by Crippen LogP contribution is -2.31. The Hall–Kier alpha value is -1.09. The lowest BCUT2D eigenvalue weighted by Gasteiger charge is -2.20. The smallest absolute Gasteiger partial charge is 0.246 e. The summed E-state index contributed by atoms with van der Waals surface area (Å²) in [6.45, 7) is 6.07. The van der Waals surface area contributed by atoms with Crippen molar-refractivity contribution in [1.82, 2.24) is 4.90 Å². The Morgan fingerprint density at radius 2 is 1.94 bits per heavy atom. The van der Waals surface area contributed by atoms with Gasteiger partial charge in [0.25, 0.3) is 0 Å². The Balaban J connectivity index is 2.51. The fourth-order valence-electron chi connectivity index (χ4n) is 1.67. The molecule has 0 aromatic carbocycles. The average Bonchev–Trinajstić information content (AvgIpc) is 2.89. The van der Waals surface area contributed by atoms with Crippen LogP contribution in [0.25, 0.3) is 6.08 Å². The lowest BCUT2D eigenvalue weighted by atomic mass is 10.2. The van der Waals surface area contributed by atoms with Crippen molar-refractivity contribution in [3.05, 3.63) is 28.5 Å². The minimum absolute atomic E-state index is 0.142. The first-order valence-electron chi connectivity index (χ1n) is 6.77. The summed E-state index contributed by atoms with van der Waals surface area (Å²) in [7, 11) is 0. The fraction of sp³-hybridized carbons (Fsp3) is 0.533. The molecular formula is C15H23NOS. The van der Waals surface area contributed by atoms with Crippen molar-refractivity contribution < 1.29 is 4.79 Å². The van der Waals surface area contributed by atoms with Crippen LogP contribution in [0.2, 0.25) is 0 Å². The second-order valence-corrected chi connectivity index (χ2v) is 5.20. The maximum atomic E-state index is 12.1. The zero-order chi connectivity index (χ0) is 13.2. The van der Waals surface area contributed by atoms with Gasteiger partial charge in [-0.1, -0.05) is 26.7 Å². The van der Waals surface area contributed by atoms with Crippen LogP contribution in [0.3, 0.4) is 0 Å². The first-order chi connectivity index (χ1) is 8.77. The van der Waals surface area contributed by atoms with Crippen molar-refractivity contribution in [1.29, 1.82) is 0 Å². The maximum absolute atomic E-state index is 12.1. The van der Waals surface area contributed by atoms with E-state index in [9.17, 15) is 4.79 Å².